The van der Waals surface area contributed by atoms with Gasteiger partial charge in [0.1, 0.15) is 0 Å². The monoisotopic (exact) mass is 368 g/mol. The van der Waals surface area contributed by atoms with Crippen LogP contribution in [0.3, 0.4) is 0 Å². The van der Waals surface area contributed by atoms with E-state index in [1.165, 1.54) is 22.3 Å². The van der Waals surface area contributed by atoms with E-state index in [0.29, 0.717) is 0 Å². The zero-order valence-electron chi connectivity index (χ0n) is 15.0. The van der Waals surface area contributed by atoms with Gasteiger partial charge in [0.05, 0.1) is 0 Å². The normalized spacial score (nSPS) is 9.08. The van der Waals surface area contributed by atoms with Crippen molar-refractivity contribution in [1.82, 2.24) is 0 Å². The molecule has 0 fully saturated rings. The van der Waals surface area contributed by atoms with E-state index >= 15 is 0 Å². The number of fused-ring (bicyclic) bond motifs is 3. The van der Waals surface area contributed by atoms with Gasteiger partial charge < -0.3 is 10.2 Å². The van der Waals surface area contributed by atoms with Crippen LogP contribution in [0.25, 0.3) is 11.1 Å². The van der Waals surface area contributed by atoms with Crippen molar-refractivity contribution >= 4 is 4.31 Å². The van der Waals surface area contributed by atoms with Gasteiger partial charge in [-0.1, -0.05) is 35.4 Å². The molecule has 0 unspecified atom stereocenters. The average Bonchev–Trinajstić information content (AvgIpc) is 3.37. The third-order valence-corrected chi connectivity index (χ3v) is 3.17. The van der Waals surface area contributed by atoms with Gasteiger partial charge in [-0.25, -0.2) is 12.1 Å². The maximum atomic E-state index is 8.25. The molecule has 2 nitrogen and oxygen atoms in total. The summed E-state index contributed by atoms with van der Waals surface area (Å²) in [7, 11) is 1.50. The van der Waals surface area contributed by atoms with Crippen molar-refractivity contribution in [3.63, 3.8) is 0 Å². The van der Waals surface area contributed by atoms with E-state index < -0.39 is 0 Å². The molecule has 3 aromatic carbocycles. The van der Waals surface area contributed by atoms with Crippen LogP contribution in [0.2, 0.25) is 0 Å². The summed E-state index contributed by atoms with van der Waals surface area (Å²) in [6.07, 6.45) is 1.05. The van der Waals surface area contributed by atoms with Gasteiger partial charge in [-0.2, -0.15) is 62.2 Å². The Kier molecular flexibility index (Phi) is 14.7. The number of hydrogen-bond donors (Lipinski definition) is 0. The van der Waals surface area contributed by atoms with Crippen LogP contribution in [-0.2, 0) is 26.4 Å². The molecule has 0 aromatic heterocycles. The summed E-state index contributed by atoms with van der Waals surface area (Å²) in [5.41, 5.74) is 5.51. The van der Waals surface area contributed by atoms with Crippen LogP contribution < -0.4 is 10.2 Å². The van der Waals surface area contributed by atoms with Gasteiger partial charge in [-0.15, -0.1) is 5.56 Å². The van der Waals surface area contributed by atoms with Crippen molar-refractivity contribution in [2.45, 2.75) is 13.3 Å². The molecule has 130 valence electrons. The first-order valence-corrected chi connectivity index (χ1v) is 8.78. The summed E-state index contributed by atoms with van der Waals surface area (Å²) in [5.74, 6) is 0. The van der Waals surface area contributed by atoms with Crippen molar-refractivity contribution in [2.75, 3.05) is 14.2 Å². The first-order chi connectivity index (χ1) is 12.4. The molecule has 0 radical (unpaired) electrons. The van der Waals surface area contributed by atoms with Crippen LogP contribution >= 0.6 is 0 Å². The Hall–Kier alpha value is -1.71. The number of rotatable bonds is 0. The van der Waals surface area contributed by atoms with Gasteiger partial charge in [0, 0.05) is 0 Å². The molecule has 0 saturated carbocycles. The molecule has 3 aromatic rings. The second-order valence-corrected chi connectivity index (χ2v) is 5.55. The molecular formula is C22H24O2Ti-2. The molecule has 0 bridgehead atoms. The van der Waals surface area contributed by atoms with Gasteiger partial charge in [0.2, 0.25) is 0 Å². The van der Waals surface area contributed by atoms with E-state index in [9.17, 15) is 0 Å². The Morgan fingerprint density at radius 3 is 2.04 bits per heavy atom. The van der Waals surface area contributed by atoms with E-state index in [0.717, 1.165) is 20.6 Å². The van der Waals surface area contributed by atoms with Crippen LogP contribution in [0, 0.1) is 6.07 Å². The predicted octanol–water partition coefficient (Wildman–Crippen LogP) is 2.77. The van der Waals surface area contributed by atoms with Crippen LogP contribution in [-0.4, -0.2) is 18.5 Å². The summed E-state index contributed by atoms with van der Waals surface area (Å²) >= 11 is 2.00. The quantitative estimate of drug-likeness (QED) is 0.354. The second-order valence-electron chi connectivity index (χ2n) is 4.65. The summed E-state index contributed by atoms with van der Waals surface area (Å²) in [6, 6.07) is 28.1. The van der Waals surface area contributed by atoms with E-state index in [-0.39, 0.29) is 0 Å². The largest absolute Gasteiger partial charge is 0.857 e. The molecule has 0 N–H and O–H groups in total. The smallest absolute Gasteiger partial charge is 0.0253 e. The maximum Gasteiger partial charge on any atom is -0.0253 e. The van der Waals surface area contributed by atoms with Crippen molar-refractivity contribution in [3.8, 4) is 11.1 Å². The van der Waals surface area contributed by atoms with Crippen molar-refractivity contribution in [1.29, 1.82) is 0 Å². The fraction of sp³-hybridized carbons (Fsp3) is 0.182. The Bertz CT molecular complexity index is 615. The third kappa shape index (κ3) is 8.28. The van der Waals surface area contributed by atoms with Crippen molar-refractivity contribution in [2.24, 2.45) is 0 Å². The first kappa shape index (κ1) is 23.3. The predicted molar refractivity (Wildman–Crippen MR) is 99.1 cm³/mol. The van der Waals surface area contributed by atoms with Gasteiger partial charge in [0.25, 0.3) is 0 Å². The molecule has 0 saturated heterocycles. The standard InChI is InChI=1S/C13H9.C5H5.C2H4.2CH3O.Ti/c1-3-7-12-10(5-1)9-11-6-2-4-8-13(11)12;1-2-4-5-3-1;3*1-2;/h1-5,7-8H,9H2;1-5H;1H,2H3;2*1H3;/q2*-1;;2*-1;+2. The van der Waals surface area contributed by atoms with Crippen LogP contribution in [0.4, 0.5) is 0 Å². The van der Waals surface area contributed by atoms with E-state index in [2.05, 4.69) is 42.5 Å². The van der Waals surface area contributed by atoms with Crippen molar-refractivity contribution < 1.29 is 30.2 Å². The second kappa shape index (κ2) is 15.8. The number of benzene rings is 2. The Balaban J connectivity index is 0.000000403. The average molecular weight is 368 g/mol. The molecule has 0 aliphatic heterocycles. The molecule has 4 rings (SSSR count). The topological polar surface area (TPSA) is 46.1 Å². The molecular weight excluding hydrogens is 344 g/mol. The molecule has 1 aliphatic carbocycles. The number of hydrogen-bond acceptors (Lipinski definition) is 2. The molecule has 1 aliphatic rings. The van der Waals surface area contributed by atoms with Crippen LogP contribution in [0.15, 0.2) is 72.8 Å². The van der Waals surface area contributed by atoms with Gasteiger partial charge in [0.15, 0.2) is 0 Å². The van der Waals surface area contributed by atoms with Gasteiger partial charge in [-0.05, 0) is 6.42 Å². The van der Waals surface area contributed by atoms with Gasteiger partial charge in [-0.3, -0.25) is 0 Å². The summed E-state index contributed by atoms with van der Waals surface area (Å²) < 4.78 is 2.00. The first-order valence-electron chi connectivity index (χ1n) is 7.88. The third-order valence-electron chi connectivity index (χ3n) is 3.17. The fourth-order valence-corrected chi connectivity index (χ4v) is 2.32. The van der Waals surface area contributed by atoms with Gasteiger partial charge >= 0.3 is 31.2 Å². The van der Waals surface area contributed by atoms with E-state index in [4.69, 9.17) is 10.2 Å². The molecule has 0 amide bonds. The zero-order valence-corrected chi connectivity index (χ0v) is 16.6. The fourth-order valence-electron chi connectivity index (χ4n) is 2.32. The summed E-state index contributed by atoms with van der Waals surface area (Å²) in [4.78, 5) is 0. The van der Waals surface area contributed by atoms with E-state index in [1.807, 2.05) is 67.6 Å². The molecule has 0 spiro atoms. The Labute approximate surface area is 163 Å². The SMILES string of the molecule is C[CH]=[Ti+2].C[O-].C[O-].[c-]1cccc2c1Cc1ccccc1-2.c1cc[cH-]c1. The minimum Gasteiger partial charge on any atom is -0.857 e. The Morgan fingerprint density at radius 1 is 0.920 bits per heavy atom. The zero-order chi connectivity index (χ0) is 18.9. The van der Waals surface area contributed by atoms with Crippen LogP contribution in [0.5, 0.6) is 0 Å². The summed E-state index contributed by atoms with van der Waals surface area (Å²) in [6.45, 7) is 2.00. The summed E-state index contributed by atoms with van der Waals surface area (Å²) in [5, 5.41) is 16.5. The van der Waals surface area contributed by atoms with Crippen molar-refractivity contribution in [3.05, 3.63) is 90.0 Å². The minimum atomic E-state index is 0.750. The maximum absolute atomic E-state index is 8.25. The van der Waals surface area contributed by atoms with Crippen LogP contribution in [0.1, 0.15) is 18.1 Å². The molecule has 25 heavy (non-hydrogen) atoms. The van der Waals surface area contributed by atoms with E-state index in [1.54, 1.807) is 0 Å². The minimum absolute atomic E-state index is 0.750. The Morgan fingerprint density at radius 2 is 1.48 bits per heavy atom. The molecule has 3 heteroatoms. The molecule has 0 heterocycles. The molecule has 0 atom stereocenters.